The summed E-state index contributed by atoms with van der Waals surface area (Å²) in [4.78, 5) is 16.6. The number of hydrogen-bond acceptors (Lipinski definition) is 7. The van der Waals surface area contributed by atoms with Gasteiger partial charge in [0, 0.05) is 24.5 Å². The van der Waals surface area contributed by atoms with Gasteiger partial charge in [-0.3, -0.25) is 9.78 Å². The Bertz CT molecular complexity index is 1470. The van der Waals surface area contributed by atoms with Gasteiger partial charge in [-0.2, -0.15) is 0 Å². The molecule has 0 bridgehead atoms. The summed E-state index contributed by atoms with van der Waals surface area (Å²) in [7, 11) is -3.73. The molecular formula is C29H31Cl2N3O5S. The molecule has 1 aromatic heterocycles. The first kappa shape index (κ1) is 32.7. The minimum Gasteiger partial charge on any atom is -0.457 e. The average molecular weight is 605 g/mol. The van der Waals surface area contributed by atoms with Crippen LogP contribution in [0.15, 0.2) is 97.3 Å². The summed E-state index contributed by atoms with van der Waals surface area (Å²) < 4.78 is 31.2. The van der Waals surface area contributed by atoms with Crippen LogP contribution in [-0.2, 0) is 16.4 Å². The van der Waals surface area contributed by atoms with Crippen molar-refractivity contribution in [2.24, 2.45) is 0 Å². The zero-order valence-electron chi connectivity index (χ0n) is 21.7. The summed E-state index contributed by atoms with van der Waals surface area (Å²) in [5, 5.41) is 13.5. The van der Waals surface area contributed by atoms with Crippen molar-refractivity contribution in [1.82, 2.24) is 15.0 Å². The van der Waals surface area contributed by atoms with E-state index in [0.29, 0.717) is 18.8 Å². The number of para-hydroxylation sites is 1. The van der Waals surface area contributed by atoms with Crippen LogP contribution in [0.4, 0.5) is 0 Å². The Morgan fingerprint density at radius 3 is 2.30 bits per heavy atom. The standard InChI is InChI=1S/C29H29N3O5S.2ClH/c1-38(35,36)32-29(34)26-14-13-23(18-28(26)37-25-7-3-2-4-8-25)22-11-9-21(10-12-22)15-17-31-20-27(33)24-6-5-16-30-19-24;;/h2-14,16,18-19,27,31,33H,15,17,20H2,1H3,(H,32,34);2*1H/t27-;;/m0../s1. The van der Waals surface area contributed by atoms with Gasteiger partial charge < -0.3 is 15.2 Å². The molecule has 212 valence electrons. The number of amides is 1. The van der Waals surface area contributed by atoms with Gasteiger partial charge in [0.25, 0.3) is 5.91 Å². The molecule has 0 fully saturated rings. The third kappa shape index (κ3) is 9.62. The van der Waals surface area contributed by atoms with E-state index in [1.54, 1.807) is 48.8 Å². The molecule has 0 radical (unpaired) electrons. The summed E-state index contributed by atoms with van der Waals surface area (Å²) in [6, 6.07) is 25.7. The van der Waals surface area contributed by atoms with Crippen LogP contribution in [0.3, 0.4) is 0 Å². The fraction of sp³-hybridized carbons (Fsp3) is 0.172. The molecule has 0 aliphatic rings. The van der Waals surface area contributed by atoms with Crippen molar-refractivity contribution in [3.05, 3.63) is 114 Å². The predicted octanol–water partition coefficient (Wildman–Crippen LogP) is 4.94. The number of hydrogen-bond donors (Lipinski definition) is 3. The maximum atomic E-state index is 12.6. The Morgan fingerprint density at radius 1 is 0.950 bits per heavy atom. The van der Waals surface area contributed by atoms with Crippen LogP contribution < -0.4 is 14.8 Å². The Balaban J connectivity index is 0.00000280. The highest BCUT2D eigenvalue weighted by Gasteiger charge is 2.18. The molecule has 1 atom stereocenters. The lowest BCUT2D eigenvalue weighted by atomic mass is 10.0. The zero-order chi connectivity index (χ0) is 27.0. The van der Waals surface area contributed by atoms with Crippen molar-refractivity contribution in [2.75, 3.05) is 19.3 Å². The molecule has 8 nitrogen and oxygen atoms in total. The number of carbonyl (C=O) groups is 1. The summed E-state index contributed by atoms with van der Waals surface area (Å²) in [6.45, 7) is 1.14. The monoisotopic (exact) mass is 603 g/mol. The van der Waals surface area contributed by atoms with Gasteiger partial charge in [-0.05, 0) is 60.0 Å². The van der Waals surface area contributed by atoms with Crippen LogP contribution in [0.2, 0.25) is 0 Å². The van der Waals surface area contributed by atoms with E-state index in [-0.39, 0.29) is 36.1 Å². The Labute approximate surface area is 246 Å². The van der Waals surface area contributed by atoms with Crippen molar-refractivity contribution in [3.8, 4) is 22.6 Å². The third-order valence-electron chi connectivity index (χ3n) is 5.76. The van der Waals surface area contributed by atoms with E-state index in [2.05, 4.69) is 10.3 Å². The normalized spacial score (nSPS) is 11.4. The Morgan fingerprint density at radius 2 is 1.65 bits per heavy atom. The first-order valence-corrected chi connectivity index (χ1v) is 13.9. The lowest BCUT2D eigenvalue weighted by Crippen LogP contribution is -2.29. The Kier molecular flexibility index (Phi) is 12.6. The van der Waals surface area contributed by atoms with Gasteiger partial charge in [-0.15, -0.1) is 24.8 Å². The lowest BCUT2D eigenvalue weighted by Gasteiger charge is -2.14. The number of nitrogens with zero attached hydrogens (tertiary/aromatic N) is 1. The zero-order valence-corrected chi connectivity index (χ0v) is 24.1. The topological polar surface area (TPSA) is 118 Å². The SMILES string of the molecule is CS(=O)(=O)NC(=O)c1ccc(-c2ccc(CCNC[C@H](O)c3cccnc3)cc2)cc1Oc1ccccc1.Cl.Cl. The number of aliphatic hydroxyl groups is 1. The van der Waals surface area contributed by atoms with Crippen molar-refractivity contribution >= 4 is 40.7 Å². The van der Waals surface area contributed by atoms with Gasteiger partial charge >= 0.3 is 0 Å². The largest absolute Gasteiger partial charge is 0.457 e. The molecule has 0 saturated heterocycles. The van der Waals surface area contributed by atoms with Gasteiger partial charge in [0.1, 0.15) is 11.5 Å². The molecule has 0 saturated carbocycles. The smallest absolute Gasteiger partial charge is 0.268 e. The molecule has 40 heavy (non-hydrogen) atoms. The van der Waals surface area contributed by atoms with Crippen LogP contribution >= 0.6 is 24.8 Å². The molecule has 1 amide bonds. The summed E-state index contributed by atoms with van der Waals surface area (Å²) >= 11 is 0. The molecule has 3 aromatic carbocycles. The van der Waals surface area contributed by atoms with Gasteiger partial charge in [-0.25, -0.2) is 13.1 Å². The van der Waals surface area contributed by atoms with Crippen molar-refractivity contribution < 1.29 is 23.1 Å². The quantitative estimate of drug-likeness (QED) is 0.208. The minimum atomic E-state index is -3.73. The van der Waals surface area contributed by atoms with Crippen LogP contribution in [-0.4, -0.2) is 43.8 Å². The van der Waals surface area contributed by atoms with Crippen molar-refractivity contribution in [1.29, 1.82) is 0 Å². The van der Waals surface area contributed by atoms with E-state index in [1.165, 1.54) is 0 Å². The number of carbonyl (C=O) groups excluding carboxylic acids is 1. The third-order valence-corrected chi connectivity index (χ3v) is 6.32. The van der Waals surface area contributed by atoms with Crippen LogP contribution in [0.5, 0.6) is 11.5 Å². The number of benzene rings is 3. The summed E-state index contributed by atoms with van der Waals surface area (Å²) in [6.07, 6.45) is 4.44. The van der Waals surface area contributed by atoms with E-state index in [4.69, 9.17) is 4.74 Å². The van der Waals surface area contributed by atoms with E-state index in [0.717, 1.165) is 34.9 Å². The maximum absolute atomic E-state index is 12.6. The fourth-order valence-electron chi connectivity index (χ4n) is 3.84. The van der Waals surface area contributed by atoms with Gasteiger partial charge in [0.15, 0.2) is 0 Å². The molecule has 1 heterocycles. The first-order valence-electron chi connectivity index (χ1n) is 12.1. The maximum Gasteiger partial charge on any atom is 0.268 e. The van der Waals surface area contributed by atoms with E-state index >= 15 is 0 Å². The number of nitrogens with one attached hydrogen (secondary N) is 2. The van der Waals surface area contributed by atoms with E-state index in [1.807, 2.05) is 53.3 Å². The molecule has 3 N–H and O–H groups in total. The molecule has 0 unspecified atom stereocenters. The lowest BCUT2D eigenvalue weighted by molar-refractivity contribution is 0.0979. The predicted molar refractivity (Wildman–Crippen MR) is 161 cm³/mol. The van der Waals surface area contributed by atoms with E-state index < -0.39 is 22.0 Å². The van der Waals surface area contributed by atoms with Gasteiger partial charge in [0.05, 0.1) is 17.9 Å². The Hall–Kier alpha value is -3.47. The molecule has 11 heteroatoms. The average Bonchev–Trinajstić information content (AvgIpc) is 2.91. The van der Waals surface area contributed by atoms with Crippen molar-refractivity contribution in [3.63, 3.8) is 0 Å². The number of rotatable bonds is 11. The summed E-state index contributed by atoms with van der Waals surface area (Å²) in [5.74, 6) is 0.00586. The highest BCUT2D eigenvalue weighted by molar-refractivity contribution is 7.89. The van der Waals surface area contributed by atoms with E-state index in [9.17, 15) is 18.3 Å². The second-order valence-electron chi connectivity index (χ2n) is 8.78. The van der Waals surface area contributed by atoms with Gasteiger partial charge in [-0.1, -0.05) is 54.6 Å². The molecule has 0 spiro atoms. The summed E-state index contributed by atoms with van der Waals surface area (Å²) in [5.41, 5.74) is 3.75. The van der Waals surface area contributed by atoms with Crippen LogP contribution in [0.25, 0.3) is 11.1 Å². The molecule has 4 rings (SSSR count). The number of aliphatic hydroxyl groups excluding tert-OH is 1. The molecule has 0 aliphatic heterocycles. The van der Waals surface area contributed by atoms with Crippen LogP contribution in [0.1, 0.15) is 27.6 Å². The number of sulfonamides is 1. The second kappa shape index (κ2) is 15.4. The number of pyridine rings is 1. The fourth-order valence-corrected chi connectivity index (χ4v) is 4.29. The first-order chi connectivity index (χ1) is 18.3. The molecular weight excluding hydrogens is 573 g/mol. The molecule has 4 aromatic rings. The van der Waals surface area contributed by atoms with Gasteiger partial charge in [0.2, 0.25) is 10.0 Å². The number of ether oxygens (including phenoxy) is 1. The minimum absolute atomic E-state index is 0. The van der Waals surface area contributed by atoms with Crippen LogP contribution in [0, 0.1) is 0 Å². The second-order valence-corrected chi connectivity index (χ2v) is 10.5. The number of aromatic nitrogens is 1. The van der Waals surface area contributed by atoms with Crippen molar-refractivity contribution in [2.45, 2.75) is 12.5 Å². The number of halogens is 2. The molecule has 0 aliphatic carbocycles. The highest BCUT2D eigenvalue weighted by Crippen LogP contribution is 2.31. The highest BCUT2D eigenvalue weighted by atomic mass is 35.5.